The van der Waals surface area contributed by atoms with Gasteiger partial charge in [0.1, 0.15) is 6.04 Å². The van der Waals surface area contributed by atoms with Gasteiger partial charge in [0.25, 0.3) is 0 Å². The smallest absolute Gasteiger partial charge is 0.416 e. The zero-order valence-corrected chi connectivity index (χ0v) is 16.2. The van der Waals surface area contributed by atoms with Gasteiger partial charge in [-0.3, -0.25) is 9.69 Å². The zero-order chi connectivity index (χ0) is 20.5. The predicted octanol–water partition coefficient (Wildman–Crippen LogP) is 6.04. The molecule has 1 heterocycles. The van der Waals surface area contributed by atoms with E-state index in [4.69, 9.17) is 23.2 Å². The Morgan fingerprint density at radius 2 is 1.86 bits per heavy atom. The van der Waals surface area contributed by atoms with Crippen molar-refractivity contribution in [2.24, 2.45) is 0 Å². The highest BCUT2D eigenvalue weighted by Gasteiger charge is 2.37. The molecule has 2 aromatic rings. The first-order valence-electron chi connectivity index (χ1n) is 8.79. The number of piperidine rings is 1. The average Bonchev–Trinajstić information content (AvgIpc) is 2.65. The van der Waals surface area contributed by atoms with Crippen molar-refractivity contribution in [3.8, 4) is 0 Å². The van der Waals surface area contributed by atoms with E-state index in [0.717, 1.165) is 25.0 Å². The zero-order valence-electron chi connectivity index (χ0n) is 14.7. The molecule has 2 aromatic carbocycles. The SMILES string of the molecule is O=C(O)C1CCCCN1C(c1cccc(C(F)(F)F)c1)c1cccc(Cl)c1Cl. The third-order valence-corrected chi connectivity index (χ3v) is 5.80. The third-order valence-electron chi connectivity index (χ3n) is 4.97. The van der Waals surface area contributed by atoms with E-state index in [2.05, 4.69) is 0 Å². The summed E-state index contributed by atoms with van der Waals surface area (Å²) in [5, 5.41) is 10.2. The van der Waals surface area contributed by atoms with Crippen LogP contribution >= 0.6 is 23.2 Å². The van der Waals surface area contributed by atoms with Crippen LogP contribution in [-0.4, -0.2) is 28.6 Å². The van der Waals surface area contributed by atoms with Crippen molar-refractivity contribution in [1.29, 1.82) is 0 Å². The van der Waals surface area contributed by atoms with Crippen LogP contribution in [0.25, 0.3) is 0 Å². The molecule has 150 valence electrons. The molecule has 2 unspecified atom stereocenters. The highest BCUT2D eigenvalue weighted by atomic mass is 35.5. The van der Waals surface area contributed by atoms with Gasteiger partial charge < -0.3 is 5.11 Å². The highest BCUT2D eigenvalue weighted by molar-refractivity contribution is 6.42. The molecular weight excluding hydrogens is 414 g/mol. The van der Waals surface area contributed by atoms with Crippen LogP contribution in [0.5, 0.6) is 0 Å². The molecular formula is C20H18Cl2F3NO2. The van der Waals surface area contributed by atoms with Crippen molar-refractivity contribution in [2.75, 3.05) is 6.54 Å². The minimum atomic E-state index is -4.51. The molecule has 0 spiro atoms. The number of hydrogen-bond acceptors (Lipinski definition) is 2. The molecule has 0 amide bonds. The minimum absolute atomic E-state index is 0.210. The Morgan fingerprint density at radius 3 is 2.54 bits per heavy atom. The fourth-order valence-corrected chi connectivity index (χ4v) is 4.11. The topological polar surface area (TPSA) is 40.5 Å². The van der Waals surface area contributed by atoms with Gasteiger partial charge in [-0.15, -0.1) is 0 Å². The molecule has 2 atom stereocenters. The molecule has 0 saturated carbocycles. The van der Waals surface area contributed by atoms with Crippen molar-refractivity contribution in [2.45, 2.75) is 37.5 Å². The van der Waals surface area contributed by atoms with Gasteiger partial charge in [-0.1, -0.05) is 53.9 Å². The number of alkyl halides is 3. The second kappa shape index (κ2) is 8.31. The van der Waals surface area contributed by atoms with E-state index in [1.807, 2.05) is 0 Å². The van der Waals surface area contributed by atoms with Crippen LogP contribution in [0.3, 0.4) is 0 Å². The number of halogens is 5. The summed E-state index contributed by atoms with van der Waals surface area (Å²) in [5.41, 5.74) is 0.0193. The summed E-state index contributed by atoms with van der Waals surface area (Å²) in [4.78, 5) is 13.5. The van der Waals surface area contributed by atoms with Crippen molar-refractivity contribution >= 4 is 29.2 Å². The Bertz CT molecular complexity index is 873. The van der Waals surface area contributed by atoms with Gasteiger partial charge in [-0.2, -0.15) is 13.2 Å². The number of benzene rings is 2. The molecule has 0 radical (unpaired) electrons. The first-order chi connectivity index (χ1) is 13.2. The van der Waals surface area contributed by atoms with E-state index >= 15 is 0 Å². The van der Waals surface area contributed by atoms with Crippen molar-refractivity contribution < 1.29 is 23.1 Å². The van der Waals surface area contributed by atoms with E-state index < -0.39 is 29.8 Å². The Kier molecular flexibility index (Phi) is 6.22. The summed E-state index contributed by atoms with van der Waals surface area (Å²) < 4.78 is 39.8. The second-order valence-corrected chi connectivity index (χ2v) is 7.54. The Hall–Kier alpha value is -1.76. The van der Waals surface area contributed by atoms with Crippen LogP contribution in [0.1, 0.15) is 42.0 Å². The molecule has 1 fully saturated rings. The quantitative estimate of drug-likeness (QED) is 0.641. The van der Waals surface area contributed by atoms with Gasteiger partial charge in [0.2, 0.25) is 0 Å². The minimum Gasteiger partial charge on any atom is -0.480 e. The Labute approximate surface area is 170 Å². The van der Waals surface area contributed by atoms with Crippen LogP contribution in [0.2, 0.25) is 10.0 Å². The van der Waals surface area contributed by atoms with Gasteiger partial charge in [0.05, 0.1) is 21.7 Å². The lowest BCUT2D eigenvalue weighted by Crippen LogP contribution is -2.47. The van der Waals surface area contributed by atoms with Crippen LogP contribution < -0.4 is 0 Å². The number of carbonyl (C=O) groups is 1. The lowest BCUT2D eigenvalue weighted by molar-refractivity contribution is -0.145. The average molecular weight is 432 g/mol. The van der Waals surface area contributed by atoms with Crippen LogP contribution in [0.4, 0.5) is 13.2 Å². The number of hydrogen-bond donors (Lipinski definition) is 1. The summed E-state index contributed by atoms with van der Waals surface area (Å²) >= 11 is 12.5. The largest absolute Gasteiger partial charge is 0.480 e. The molecule has 3 rings (SSSR count). The van der Waals surface area contributed by atoms with E-state index in [9.17, 15) is 23.1 Å². The maximum Gasteiger partial charge on any atom is 0.416 e. The summed E-state index contributed by atoms with van der Waals surface area (Å²) in [6.07, 6.45) is -2.60. The van der Waals surface area contributed by atoms with Crippen LogP contribution in [0, 0.1) is 0 Å². The fraction of sp³-hybridized carbons (Fsp3) is 0.350. The molecule has 1 N–H and O–H groups in total. The van der Waals surface area contributed by atoms with Gasteiger partial charge in [0.15, 0.2) is 0 Å². The van der Waals surface area contributed by atoms with E-state index in [0.29, 0.717) is 24.1 Å². The summed E-state index contributed by atoms with van der Waals surface area (Å²) in [6.45, 7) is 0.431. The molecule has 3 nitrogen and oxygen atoms in total. The fourth-order valence-electron chi connectivity index (χ4n) is 3.69. The first kappa shape index (κ1) is 21.0. The maximum absolute atomic E-state index is 13.3. The van der Waals surface area contributed by atoms with Gasteiger partial charge in [-0.25, -0.2) is 0 Å². The molecule has 8 heteroatoms. The number of rotatable bonds is 4. The van der Waals surface area contributed by atoms with Crippen LogP contribution in [0.15, 0.2) is 42.5 Å². The predicted molar refractivity (Wildman–Crippen MR) is 102 cm³/mol. The third kappa shape index (κ3) is 4.29. The van der Waals surface area contributed by atoms with Gasteiger partial charge >= 0.3 is 12.1 Å². The number of aliphatic carboxylic acids is 1. The normalized spacial score (nSPS) is 19.4. The molecule has 1 aliphatic rings. The molecule has 0 bridgehead atoms. The number of carboxylic acid groups (broad SMARTS) is 1. The molecule has 1 aliphatic heterocycles. The Morgan fingerprint density at radius 1 is 1.14 bits per heavy atom. The summed E-state index contributed by atoms with van der Waals surface area (Å²) in [7, 11) is 0. The lowest BCUT2D eigenvalue weighted by Gasteiger charge is -2.40. The van der Waals surface area contributed by atoms with E-state index in [1.54, 1.807) is 29.2 Å². The van der Waals surface area contributed by atoms with Gasteiger partial charge in [-0.05, 0) is 48.7 Å². The maximum atomic E-state index is 13.3. The molecule has 0 aromatic heterocycles. The molecule has 0 aliphatic carbocycles. The summed E-state index contributed by atoms with van der Waals surface area (Å²) in [5.74, 6) is -1.00. The van der Waals surface area contributed by atoms with Gasteiger partial charge in [0, 0.05) is 0 Å². The number of carboxylic acids is 1. The van der Waals surface area contributed by atoms with Crippen molar-refractivity contribution in [3.05, 3.63) is 69.2 Å². The standard InChI is InChI=1S/C20H18Cl2F3NO2/c21-15-8-4-7-14(17(15)22)18(26-10-2-1-9-16(26)19(27)28)12-5-3-6-13(11-12)20(23,24)25/h3-8,11,16,18H,1-2,9-10H2,(H,27,28). The monoisotopic (exact) mass is 431 g/mol. The molecule has 28 heavy (non-hydrogen) atoms. The Balaban J connectivity index is 2.18. The first-order valence-corrected chi connectivity index (χ1v) is 9.55. The number of nitrogens with zero attached hydrogens (tertiary/aromatic N) is 1. The number of likely N-dealkylation sites (tertiary alicyclic amines) is 1. The van der Waals surface area contributed by atoms with Crippen molar-refractivity contribution in [3.63, 3.8) is 0 Å². The van der Waals surface area contributed by atoms with E-state index in [-0.39, 0.29) is 10.0 Å². The van der Waals surface area contributed by atoms with Crippen molar-refractivity contribution in [1.82, 2.24) is 4.90 Å². The molecule has 1 saturated heterocycles. The second-order valence-electron chi connectivity index (χ2n) is 6.76. The van der Waals surface area contributed by atoms with Crippen LogP contribution in [-0.2, 0) is 11.0 Å². The van der Waals surface area contributed by atoms with E-state index in [1.165, 1.54) is 6.07 Å². The highest BCUT2D eigenvalue weighted by Crippen LogP contribution is 2.41. The lowest BCUT2D eigenvalue weighted by atomic mass is 9.91. The summed E-state index contributed by atoms with van der Waals surface area (Å²) in [6, 6.07) is 8.27.